The van der Waals surface area contributed by atoms with Crippen molar-refractivity contribution in [2.24, 2.45) is 5.73 Å². The molecule has 0 bridgehead atoms. The average molecular weight is 221 g/mol. The second kappa shape index (κ2) is 6.23. The number of aromatic nitrogens is 1. The van der Waals surface area contributed by atoms with E-state index in [1.165, 1.54) is 0 Å². The standard InChI is InChI=1S/C12H19N3O/c1-3-4-11(13)8-15-12(16)10-5-6-14-9(2)7-10/h5-7,11H,3-4,8,13H2,1-2H3,(H,15,16). The number of nitrogens with one attached hydrogen (secondary N) is 1. The zero-order valence-corrected chi connectivity index (χ0v) is 9.86. The Hall–Kier alpha value is -1.42. The molecule has 0 aliphatic rings. The summed E-state index contributed by atoms with van der Waals surface area (Å²) in [6, 6.07) is 3.51. The molecule has 16 heavy (non-hydrogen) atoms. The number of nitrogens with two attached hydrogens (primary N) is 1. The fourth-order valence-corrected chi connectivity index (χ4v) is 1.49. The molecular weight excluding hydrogens is 202 g/mol. The molecule has 1 rings (SSSR count). The van der Waals surface area contributed by atoms with Crippen LogP contribution in [0, 0.1) is 6.92 Å². The van der Waals surface area contributed by atoms with Crippen LogP contribution in [0.3, 0.4) is 0 Å². The maximum atomic E-state index is 11.7. The predicted octanol–water partition coefficient (Wildman–Crippen LogP) is 1.25. The molecule has 0 saturated heterocycles. The molecule has 1 aromatic rings. The molecule has 1 aromatic heterocycles. The van der Waals surface area contributed by atoms with Crippen LogP contribution in [0.2, 0.25) is 0 Å². The van der Waals surface area contributed by atoms with Crippen molar-refractivity contribution < 1.29 is 4.79 Å². The van der Waals surface area contributed by atoms with Crippen molar-refractivity contribution in [3.8, 4) is 0 Å². The Morgan fingerprint density at radius 3 is 3.00 bits per heavy atom. The van der Waals surface area contributed by atoms with E-state index in [0.29, 0.717) is 12.1 Å². The van der Waals surface area contributed by atoms with Crippen LogP contribution in [0.4, 0.5) is 0 Å². The van der Waals surface area contributed by atoms with Crippen molar-refractivity contribution in [2.75, 3.05) is 6.54 Å². The molecule has 1 heterocycles. The van der Waals surface area contributed by atoms with Crippen molar-refractivity contribution >= 4 is 5.91 Å². The minimum absolute atomic E-state index is 0.0388. The average Bonchev–Trinajstić information content (AvgIpc) is 2.26. The van der Waals surface area contributed by atoms with E-state index >= 15 is 0 Å². The SMILES string of the molecule is CCCC(N)CNC(=O)c1ccnc(C)c1. The number of aryl methyl sites for hydroxylation is 1. The number of carbonyl (C=O) groups is 1. The van der Waals surface area contributed by atoms with Gasteiger partial charge in [-0.15, -0.1) is 0 Å². The summed E-state index contributed by atoms with van der Waals surface area (Å²) in [7, 11) is 0. The number of amides is 1. The molecule has 0 radical (unpaired) electrons. The summed E-state index contributed by atoms with van der Waals surface area (Å²) in [6.45, 7) is 4.46. The molecular formula is C12H19N3O. The van der Waals surface area contributed by atoms with E-state index in [0.717, 1.165) is 18.5 Å². The van der Waals surface area contributed by atoms with Gasteiger partial charge in [0.25, 0.3) is 5.91 Å². The molecule has 4 heteroatoms. The molecule has 0 fully saturated rings. The monoisotopic (exact) mass is 221 g/mol. The van der Waals surface area contributed by atoms with Crippen LogP contribution in [0.5, 0.6) is 0 Å². The van der Waals surface area contributed by atoms with Crippen molar-refractivity contribution in [2.45, 2.75) is 32.7 Å². The van der Waals surface area contributed by atoms with Gasteiger partial charge in [0.05, 0.1) is 0 Å². The normalized spacial score (nSPS) is 12.2. The number of hydrogen-bond donors (Lipinski definition) is 2. The van der Waals surface area contributed by atoms with Crippen LogP contribution in [-0.2, 0) is 0 Å². The highest BCUT2D eigenvalue weighted by molar-refractivity contribution is 5.94. The third-order valence-corrected chi connectivity index (χ3v) is 2.34. The van der Waals surface area contributed by atoms with Gasteiger partial charge in [0.2, 0.25) is 0 Å². The van der Waals surface area contributed by atoms with Gasteiger partial charge in [0, 0.05) is 30.0 Å². The Bertz CT molecular complexity index is 352. The third kappa shape index (κ3) is 3.98. The minimum atomic E-state index is -0.0861. The minimum Gasteiger partial charge on any atom is -0.350 e. The zero-order valence-electron chi connectivity index (χ0n) is 9.86. The second-order valence-corrected chi connectivity index (χ2v) is 3.94. The predicted molar refractivity (Wildman–Crippen MR) is 64.2 cm³/mol. The molecule has 0 spiro atoms. The number of hydrogen-bond acceptors (Lipinski definition) is 3. The van der Waals surface area contributed by atoms with E-state index in [-0.39, 0.29) is 11.9 Å². The smallest absolute Gasteiger partial charge is 0.251 e. The van der Waals surface area contributed by atoms with Gasteiger partial charge in [0.15, 0.2) is 0 Å². The summed E-state index contributed by atoms with van der Waals surface area (Å²) >= 11 is 0. The van der Waals surface area contributed by atoms with Gasteiger partial charge in [-0.2, -0.15) is 0 Å². The largest absolute Gasteiger partial charge is 0.350 e. The molecule has 1 atom stereocenters. The summed E-state index contributed by atoms with van der Waals surface area (Å²) in [5.74, 6) is -0.0861. The molecule has 88 valence electrons. The summed E-state index contributed by atoms with van der Waals surface area (Å²) in [6.07, 6.45) is 3.59. The highest BCUT2D eigenvalue weighted by atomic mass is 16.1. The first-order valence-corrected chi connectivity index (χ1v) is 5.60. The van der Waals surface area contributed by atoms with Gasteiger partial charge < -0.3 is 11.1 Å². The fourth-order valence-electron chi connectivity index (χ4n) is 1.49. The van der Waals surface area contributed by atoms with E-state index in [9.17, 15) is 4.79 Å². The number of nitrogens with zero attached hydrogens (tertiary/aromatic N) is 1. The molecule has 1 amide bonds. The lowest BCUT2D eigenvalue weighted by molar-refractivity contribution is 0.0950. The lowest BCUT2D eigenvalue weighted by atomic mass is 10.1. The number of carbonyl (C=O) groups excluding carboxylic acids is 1. The van der Waals surface area contributed by atoms with Crippen molar-refractivity contribution in [3.05, 3.63) is 29.6 Å². The maximum absolute atomic E-state index is 11.7. The highest BCUT2D eigenvalue weighted by Gasteiger charge is 2.07. The second-order valence-electron chi connectivity index (χ2n) is 3.94. The Kier molecular flexibility index (Phi) is 4.92. The first kappa shape index (κ1) is 12.6. The van der Waals surface area contributed by atoms with Crippen LogP contribution < -0.4 is 11.1 Å². The van der Waals surface area contributed by atoms with Crippen molar-refractivity contribution in [3.63, 3.8) is 0 Å². The quantitative estimate of drug-likeness (QED) is 0.786. The number of pyridine rings is 1. The molecule has 0 aromatic carbocycles. The van der Waals surface area contributed by atoms with Crippen LogP contribution >= 0.6 is 0 Å². The number of rotatable bonds is 5. The molecule has 0 aliphatic heterocycles. The van der Waals surface area contributed by atoms with E-state index in [1.807, 2.05) is 6.92 Å². The fraction of sp³-hybridized carbons (Fsp3) is 0.500. The highest BCUT2D eigenvalue weighted by Crippen LogP contribution is 2.00. The Labute approximate surface area is 96.3 Å². The van der Waals surface area contributed by atoms with Gasteiger partial charge in [-0.25, -0.2) is 0 Å². The first-order valence-electron chi connectivity index (χ1n) is 5.60. The van der Waals surface area contributed by atoms with Crippen LogP contribution in [0.25, 0.3) is 0 Å². The molecule has 3 N–H and O–H groups in total. The van der Waals surface area contributed by atoms with Gasteiger partial charge in [-0.3, -0.25) is 9.78 Å². The first-order chi connectivity index (χ1) is 7.63. The molecule has 0 saturated carbocycles. The Balaban J connectivity index is 2.47. The van der Waals surface area contributed by atoms with E-state index in [1.54, 1.807) is 18.3 Å². The van der Waals surface area contributed by atoms with E-state index in [2.05, 4.69) is 17.2 Å². The Morgan fingerprint density at radius 1 is 1.62 bits per heavy atom. The maximum Gasteiger partial charge on any atom is 0.251 e. The zero-order chi connectivity index (χ0) is 12.0. The van der Waals surface area contributed by atoms with Gasteiger partial charge in [0.1, 0.15) is 0 Å². The van der Waals surface area contributed by atoms with Crippen LogP contribution in [0.1, 0.15) is 35.8 Å². The lowest BCUT2D eigenvalue weighted by Crippen LogP contribution is -2.37. The van der Waals surface area contributed by atoms with Gasteiger partial charge in [-0.1, -0.05) is 13.3 Å². The van der Waals surface area contributed by atoms with Crippen LogP contribution in [-0.4, -0.2) is 23.5 Å². The lowest BCUT2D eigenvalue weighted by Gasteiger charge is -2.11. The van der Waals surface area contributed by atoms with Gasteiger partial charge >= 0.3 is 0 Å². The van der Waals surface area contributed by atoms with E-state index < -0.39 is 0 Å². The summed E-state index contributed by atoms with van der Waals surface area (Å²) in [5.41, 5.74) is 7.29. The Morgan fingerprint density at radius 2 is 2.38 bits per heavy atom. The van der Waals surface area contributed by atoms with Gasteiger partial charge in [-0.05, 0) is 25.5 Å². The summed E-state index contributed by atoms with van der Waals surface area (Å²) < 4.78 is 0. The topological polar surface area (TPSA) is 68.0 Å². The summed E-state index contributed by atoms with van der Waals surface area (Å²) in [5, 5.41) is 2.82. The van der Waals surface area contributed by atoms with Crippen molar-refractivity contribution in [1.82, 2.24) is 10.3 Å². The third-order valence-electron chi connectivity index (χ3n) is 2.34. The van der Waals surface area contributed by atoms with Crippen molar-refractivity contribution in [1.29, 1.82) is 0 Å². The molecule has 4 nitrogen and oxygen atoms in total. The molecule has 0 aliphatic carbocycles. The summed E-state index contributed by atoms with van der Waals surface area (Å²) in [4.78, 5) is 15.8. The molecule has 1 unspecified atom stereocenters. The van der Waals surface area contributed by atoms with E-state index in [4.69, 9.17) is 5.73 Å². The van der Waals surface area contributed by atoms with Crippen LogP contribution in [0.15, 0.2) is 18.3 Å².